The van der Waals surface area contributed by atoms with Gasteiger partial charge in [-0.1, -0.05) is 33.8 Å². The molecule has 19 heteroatoms. The SMILES string of the molecule is COC(=O)N[C@H](C(=O)N1CCC[C@H]1c1nc2c([nH]1)CNC([C@@H]1CC[C@@H](c3ccc4nc([C@@H]5CCCN5C(=O)[C@@H](NC(=O)OC)C(C)C)[nH]c4c3)N1c1ccc(C(F)(F)F)cc1)=C2)C(C)C. The molecule has 0 unspecified atom stereocenters. The van der Waals surface area contributed by atoms with Crippen LogP contribution in [0.25, 0.3) is 17.1 Å². The number of anilines is 1. The van der Waals surface area contributed by atoms with Gasteiger partial charge in [0, 0.05) is 24.5 Å². The quantitative estimate of drug-likeness (QED) is 0.103. The van der Waals surface area contributed by atoms with Crippen LogP contribution in [-0.4, -0.2) is 99.2 Å². The smallest absolute Gasteiger partial charge is 0.416 e. The molecule has 4 aromatic rings. The van der Waals surface area contributed by atoms with Gasteiger partial charge in [-0.25, -0.2) is 19.6 Å². The molecule has 2 aromatic heterocycles. The van der Waals surface area contributed by atoms with E-state index in [1.54, 1.807) is 9.80 Å². The Balaban J connectivity index is 1.07. The number of methoxy groups -OCH3 is 2. The first-order chi connectivity index (χ1) is 31.1. The summed E-state index contributed by atoms with van der Waals surface area (Å²) in [7, 11) is 2.52. The molecule has 0 bridgehead atoms. The summed E-state index contributed by atoms with van der Waals surface area (Å²) in [4.78, 5) is 74.5. The van der Waals surface area contributed by atoms with Crippen molar-refractivity contribution in [3.8, 4) is 0 Å². The number of aromatic nitrogens is 4. The molecule has 4 aliphatic rings. The number of ether oxygens (including phenoxy) is 2. The second kappa shape index (κ2) is 18.3. The van der Waals surface area contributed by atoms with E-state index in [0.29, 0.717) is 68.2 Å². The van der Waals surface area contributed by atoms with Crippen LogP contribution in [0.3, 0.4) is 0 Å². The number of fused-ring (bicyclic) bond motifs is 2. The molecule has 4 amide bonds. The molecule has 3 saturated heterocycles. The lowest BCUT2D eigenvalue weighted by atomic mass is 10.0. The summed E-state index contributed by atoms with van der Waals surface area (Å²) < 4.78 is 51.0. The summed E-state index contributed by atoms with van der Waals surface area (Å²) in [6, 6.07) is 8.61. The number of nitrogens with one attached hydrogen (secondary N) is 5. The molecule has 0 radical (unpaired) electrons. The Morgan fingerprint density at radius 2 is 1.31 bits per heavy atom. The zero-order valence-corrected chi connectivity index (χ0v) is 37.4. The molecule has 0 saturated carbocycles. The fourth-order valence-corrected chi connectivity index (χ4v) is 9.88. The standard InChI is InChI=1S/C46H57F3N10O6/c1-24(2)38(55-44(62)64-5)42(60)57-19-7-9-36(57)40-51-29-16-11-26(21-30(29)52-40)34-17-18-35(59(34)28-14-12-27(13-15-28)46(47,48)49)32-22-31-33(23-50-32)54-41(53-31)37-10-8-20-58(37)43(61)39(25(3)4)56-45(63)65-6/h11-16,21-22,24-25,34-39,50H,7-10,17-20,23H2,1-6H3,(H,51,52)(H,53,54)(H,55,62)(H,56,63)/t34-,35-,36-,37-,38-,39-/m0/s1. The van der Waals surface area contributed by atoms with Gasteiger partial charge in [0.25, 0.3) is 0 Å². The lowest BCUT2D eigenvalue weighted by Gasteiger charge is -2.35. The van der Waals surface area contributed by atoms with Crippen LogP contribution in [0.15, 0.2) is 48.2 Å². The summed E-state index contributed by atoms with van der Waals surface area (Å²) in [6.45, 7) is 8.93. The summed E-state index contributed by atoms with van der Waals surface area (Å²) in [5.41, 5.74) is 4.78. The number of alkyl halides is 3. The van der Waals surface area contributed by atoms with E-state index >= 15 is 0 Å². The average molecular weight is 903 g/mol. The second-order valence-corrected chi connectivity index (χ2v) is 18.0. The number of nitrogens with zero attached hydrogens (tertiary/aromatic N) is 5. The van der Waals surface area contributed by atoms with E-state index < -0.39 is 36.0 Å². The second-order valence-electron chi connectivity index (χ2n) is 18.0. The van der Waals surface area contributed by atoms with Crippen LogP contribution in [0.2, 0.25) is 0 Å². The topological polar surface area (TPSA) is 190 Å². The molecule has 8 rings (SSSR count). The summed E-state index contributed by atoms with van der Waals surface area (Å²) in [6.07, 6.45) is 0.469. The molecule has 65 heavy (non-hydrogen) atoms. The third-order valence-electron chi connectivity index (χ3n) is 13.2. The Hall–Kier alpha value is -6.27. The molecular weight excluding hydrogens is 846 g/mol. The Labute approximate surface area is 375 Å². The Morgan fingerprint density at radius 3 is 1.86 bits per heavy atom. The normalized spacial score (nSPS) is 21.9. The minimum atomic E-state index is -4.49. The molecule has 0 spiro atoms. The van der Waals surface area contributed by atoms with Gasteiger partial charge in [0.2, 0.25) is 11.8 Å². The number of hydrogen-bond donors (Lipinski definition) is 5. The molecular formula is C46H57F3N10O6. The van der Waals surface area contributed by atoms with Crippen molar-refractivity contribution < 1.29 is 41.8 Å². The zero-order chi connectivity index (χ0) is 46.3. The molecule has 348 valence electrons. The lowest BCUT2D eigenvalue weighted by Crippen LogP contribution is -2.51. The van der Waals surface area contributed by atoms with E-state index in [-0.39, 0.29) is 47.8 Å². The predicted octanol–water partition coefficient (Wildman–Crippen LogP) is 7.25. The van der Waals surface area contributed by atoms with Crippen molar-refractivity contribution in [3.05, 3.63) is 82.3 Å². The van der Waals surface area contributed by atoms with E-state index in [2.05, 4.69) is 30.8 Å². The number of likely N-dealkylation sites (tertiary alicyclic amines) is 2. The number of amides is 4. The van der Waals surface area contributed by atoms with Gasteiger partial charge in [0.05, 0.1) is 72.9 Å². The van der Waals surface area contributed by atoms with Gasteiger partial charge in [0.1, 0.15) is 23.7 Å². The number of halogens is 3. The Morgan fingerprint density at radius 1 is 0.738 bits per heavy atom. The number of H-pyrrole nitrogens is 2. The lowest BCUT2D eigenvalue weighted by molar-refractivity contribution is -0.138. The number of aromatic amines is 2. The van der Waals surface area contributed by atoms with Crippen LogP contribution in [-0.2, 0) is 31.8 Å². The van der Waals surface area contributed by atoms with E-state index in [1.165, 1.54) is 26.4 Å². The van der Waals surface area contributed by atoms with Gasteiger partial charge in [-0.3, -0.25) is 9.59 Å². The highest BCUT2D eigenvalue weighted by atomic mass is 19.4. The van der Waals surface area contributed by atoms with Gasteiger partial charge in [0.15, 0.2) is 0 Å². The first-order valence-electron chi connectivity index (χ1n) is 22.4. The highest BCUT2D eigenvalue weighted by Crippen LogP contribution is 2.45. The van der Waals surface area contributed by atoms with Crippen LogP contribution in [0.4, 0.5) is 28.4 Å². The van der Waals surface area contributed by atoms with Gasteiger partial charge >= 0.3 is 18.4 Å². The molecule has 5 N–H and O–H groups in total. The van der Waals surface area contributed by atoms with Crippen LogP contribution < -0.4 is 20.9 Å². The van der Waals surface area contributed by atoms with Gasteiger partial charge in [-0.15, -0.1) is 0 Å². The molecule has 4 aliphatic heterocycles. The zero-order valence-electron chi connectivity index (χ0n) is 37.4. The van der Waals surface area contributed by atoms with Gasteiger partial charge in [-0.2, -0.15) is 13.2 Å². The van der Waals surface area contributed by atoms with Crippen molar-refractivity contribution in [2.75, 3.05) is 32.2 Å². The largest absolute Gasteiger partial charge is 0.453 e. The first kappa shape index (κ1) is 45.3. The van der Waals surface area contributed by atoms with Crippen LogP contribution in [0, 0.1) is 11.8 Å². The Kier molecular flexibility index (Phi) is 12.8. The van der Waals surface area contributed by atoms with Crippen molar-refractivity contribution in [3.63, 3.8) is 0 Å². The molecule has 3 fully saturated rings. The minimum absolute atomic E-state index is 0.175. The maximum absolute atomic E-state index is 13.8. The molecule has 6 atom stereocenters. The van der Waals surface area contributed by atoms with Crippen LogP contribution in [0.1, 0.15) is 119 Å². The summed E-state index contributed by atoms with van der Waals surface area (Å²) in [5, 5.41) is 8.95. The fraction of sp³-hybridized carbons (Fsp3) is 0.522. The maximum Gasteiger partial charge on any atom is 0.416 e. The van der Waals surface area contributed by atoms with E-state index in [1.807, 2.05) is 52.0 Å². The summed E-state index contributed by atoms with van der Waals surface area (Å²) >= 11 is 0. The van der Waals surface area contributed by atoms with Crippen LogP contribution >= 0.6 is 0 Å². The van der Waals surface area contributed by atoms with Crippen molar-refractivity contribution in [2.45, 2.75) is 115 Å². The molecule has 16 nitrogen and oxygen atoms in total. The molecule has 0 aliphatic carbocycles. The molecule has 2 aromatic carbocycles. The highest BCUT2D eigenvalue weighted by molar-refractivity contribution is 5.87. The van der Waals surface area contributed by atoms with Crippen molar-refractivity contribution in [1.82, 2.24) is 45.7 Å². The number of carbonyl (C=O) groups excluding carboxylic acids is 4. The number of alkyl carbamates (subject to hydrolysis) is 2. The minimum Gasteiger partial charge on any atom is -0.453 e. The van der Waals surface area contributed by atoms with Crippen LogP contribution in [0.5, 0.6) is 0 Å². The van der Waals surface area contributed by atoms with Crippen molar-refractivity contribution >= 4 is 46.8 Å². The number of hydrogen-bond acceptors (Lipinski definition) is 10. The highest BCUT2D eigenvalue weighted by Gasteiger charge is 2.42. The van der Waals surface area contributed by atoms with Gasteiger partial charge in [-0.05, 0) is 98.4 Å². The van der Waals surface area contributed by atoms with E-state index in [9.17, 15) is 32.3 Å². The number of carbonyl (C=O) groups is 4. The first-order valence-corrected chi connectivity index (χ1v) is 22.4. The fourth-order valence-electron chi connectivity index (χ4n) is 9.88. The Bertz CT molecular complexity index is 2450. The summed E-state index contributed by atoms with van der Waals surface area (Å²) in [5.74, 6) is 0.531. The predicted molar refractivity (Wildman–Crippen MR) is 235 cm³/mol. The van der Waals surface area contributed by atoms with E-state index in [4.69, 9.17) is 19.4 Å². The van der Waals surface area contributed by atoms with Crippen molar-refractivity contribution in [1.29, 1.82) is 0 Å². The van der Waals surface area contributed by atoms with Gasteiger partial charge < -0.3 is 50.1 Å². The number of rotatable bonds is 11. The molecule has 6 heterocycles. The third-order valence-corrected chi connectivity index (χ3v) is 13.2. The third kappa shape index (κ3) is 9.05. The van der Waals surface area contributed by atoms with Crippen molar-refractivity contribution in [2.24, 2.45) is 11.8 Å². The average Bonchev–Trinajstić information content (AvgIpc) is 4.14. The number of benzene rings is 2. The number of imidazole rings is 2. The maximum atomic E-state index is 13.8. The van der Waals surface area contributed by atoms with E-state index in [0.717, 1.165) is 53.1 Å². The monoisotopic (exact) mass is 902 g/mol.